The molecule has 1 nitrogen and oxygen atoms in total. The molecule has 1 heteroatoms. The normalized spacial score (nSPS) is 9.07. The zero-order valence-electron chi connectivity index (χ0n) is 8.16. The van der Waals surface area contributed by atoms with E-state index in [1.807, 2.05) is 30.3 Å². The fourth-order valence-electron chi connectivity index (χ4n) is 1.25. The van der Waals surface area contributed by atoms with Crippen LogP contribution in [-0.4, -0.2) is 0 Å². The van der Waals surface area contributed by atoms with Crippen LogP contribution in [0.15, 0.2) is 49.1 Å². The molecule has 0 aliphatic rings. The van der Waals surface area contributed by atoms with Gasteiger partial charge in [0, 0.05) is 0 Å². The average molecular weight is 183 g/mol. The highest BCUT2D eigenvalue weighted by molar-refractivity contribution is 5.65. The van der Waals surface area contributed by atoms with Crippen LogP contribution in [0.1, 0.15) is 18.4 Å². The second-order valence-electron chi connectivity index (χ2n) is 3.23. The maximum Gasteiger partial charge on any atom is 0.0666 e. The summed E-state index contributed by atoms with van der Waals surface area (Å²) >= 11 is 0. The molecular weight excluding hydrogens is 170 g/mol. The minimum absolute atomic E-state index is 0.409. The Balaban J connectivity index is 2.61. The van der Waals surface area contributed by atoms with Crippen LogP contribution in [0, 0.1) is 11.3 Å². The summed E-state index contributed by atoms with van der Waals surface area (Å²) in [4.78, 5) is 0. The van der Waals surface area contributed by atoms with Crippen molar-refractivity contribution in [3.63, 3.8) is 0 Å². The lowest BCUT2D eigenvalue weighted by atomic mass is 9.99. The Morgan fingerprint density at radius 3 is 2.43 bits per heavy atom. The van der Waals surface area contributed by atoms with Crippen LogP contribution < -0.4 is 0 Å². The fraction of sp³-hybridized carbons (Fsp3) is 0.154. The van der Waals surface area contributed by atoms with Crippen LogP contribution in [0.3, 0.4) is 0 Å². The molecule has 0 fully saturated rings. The Kier molecular flexibility index (Phi) is 3.69. The molecule has 0 saturated heterocycles. The summed E-state index contributed by atoms with van der Waals surface area (Å²) in [6.07, 6.45) is 1.11. The minimum Gasteiger partial charge on any atom is -0.198 e. The first-order valence-corrected chi connectivity index (χ1v) is 4.51. The van der Waals surface area contributed by atoms with E-state index < -0.39 is 0 Å². The molecule has 1 aromatic rings. The summed E-state index contributed by atoms with van der Waals surface area (Å²) in [5, 5.41) is 8.48. The highest BCUT2D eigenvalue weighted by Gasteiger charge is 2.00. The van der Waals surface area contributed by atoms with Gasteiger partial charge in [0.1, 0.15) is 0 Å². The van der Waals surface area contributed by atoms with E-state index in [2.05, 4.69) is 19.2 Å². The number of nitrogens with zero attached hydrogens (tertiary/aromatic N) is 1. The van der Waals surface area contributed by atoms with Gasteiger partial charge in [-0.05, 0) is 17.6 Å². The van der Waals surface area contributed by atoms with Gasteiger partial charge in [0.05, 0.1) is 12.5 Å². The molecule has 0 heterocycles. The zero-order chi connectivity index (χ0) is 10.4. The van der Waals surface area contributed by atoms with Crippen molar-refractivity contribution in [3.05, 3.63) is 54.6 Å². The molecule has 70 valence electrons. The predicted octanol–water partition coefficient (Wildman–Crippen LogP) is 3.56. The monoisotopic (exact) mass is 183 g/mol. The number of rotatable bonds is 4. The van der Waals surface area contributed by atoms with Gasteiger partial charge in [0.2, 0.25) is 0 Å². The van der Waals surface area contributed by atoms with Gasteiger partial charge >= 0.3 is 0 Å². The van der Waals surface area contributed by atoms with Crippen molar-refractivity contribution in [2.45, 2.75) is 12.8 Å². The van der Waals surface area contributed by atoms with Gasteiger partial charge in [-0.2, -0.15) is 5.26 Å². The smallest absolute Gasteiger partial charge is 0.0666 e. The van der Waals surface area contributed by atoms with Crippen molar-refractivity contribution >= 4 is 5.57 Å². The predicted molar refractivity (Wildman–Crippen MR) is 59.5 cm³/mol. The van der Waals surface area contributed by atoms with Crippen molar-refractivity contribution in [1.82, 2.24) is 0 Å². The van der Waals surface area contributed by atoms with E-state index in [9.17, 15) is 0 Å². The maximum atomic E-state index is 8.48. The zero-order valence-corrected chi connectivity index (χ0v) is 8.16. The van der Waals surface area contributed by atoms with Crippen molar-refractivity contribution in [3.8, 4) is 6.07 Å². The van der Waals surface area contributed by atoms with E-state index in [1.54, 1.807) is 0 Å². The summed E-state index contributed by atoms with van der Waals surface area (Å²) in [6.45, 7) is 7.80. The van der Waals surface area contributed by atoms with Crippen LogP contribution >= 0.6 is 0 Å². The van der Waals surface area contributed by atoms with E-state index in [0.717, 1.165) is 16.7 Å². The molecular formula is C13H13N. The van der Waals surface area contributed by atoms with Gasteiger partial charge in [0.15, 0.2) is 0 Å². The summed E-state index contributed by atoms with van der Waals surface area (Å²) in [6, 6.07) is 12.0. The molecule has 0 N–H and O–H groups in total. The number of allylic oxidation sites excluding steroid dienone is 2. The molecule has 0 radical (unpaired) electrons. The second-order valence-corrected chi connectivity index (χ2v) is 3.23. The Morgan fingerprint density at radius 1 is 1.21 bits per heavy atom. The topological polar surface area (TPSA) is 23.8 Å². The summed E-state index contributed by atoms with van der Waals surface area (Å²) in [5.41, 5.74) is 3.05. The maximum absolute atomic E-state index is 8.48. The fourth-order valence-corrected chi connectivity index (χ4v) is 1.25. The molecule has 0 aromatic heterocycles. The molecule has 0 aliphatic carbocycles. The van der Waals surface area contributed by atoms with Gasteiger partial charge < -0.3 is 0 Å². The molecule has 1 aromatic carbocycles. The SMILES string of the molecule is C=C(CC#N)CC(=C)c1ccccc1. The van der Waals surface area contributed by atoms with Crippen molar-refractivity contribution in [1.29, 1.82) is 5.26 Å². The Labute approximate surface area is 85.0 Å². The number of hydrogen-bond donors (Lipinski definition) is 0. The van der Waals surface area contributed by atoms with Gasteiger partial charge in [-0.15, -0.1) is 0 Å². The molecule has 0 aliphatic heterocycles. The lowest BCUT2D eigenvalue weighted by Gasteiger charge is -2.05. The molecule has 14 heavy (non-hydrogen) atoms. The van der Waals surface area contributed by atoms with Crippen LogP contribution in [-0.2, 0) is 0 Å². The Morgan fingerprint density at radius 2 is 1.86 bits per heavy atom. The number of nitriles is 1. The molecule has 0 unspecified atom stereocenters. The van der Waals surface area contributed by atoms with E-state index in [-0.39, 0.29) is 0 Å². The summed E-state index contributed by atoms with van der Waals surface area (Å²) in [7, 11) is 0. The Bertz CT molecular complexity index is 368. The van der Waals surface area contributed by atoms with Gasteiger partial charge in [-0.25, -0.2) is 0 Å². The van der Waals surface area contributed by atoms with Crippen LogP contribution in [0.5, 0.6) is 0 Å². The third-order valence-electron chi connectivity index (χ3n) is 1.97. The quantitative estimate of drug-likeness (QED) is 0.655. The second kappa shape index (κ2) is 5.04. The number of hydrogen-bond acceptors (Lipinski definition) is 1. The lowest BCUT2D eigenvalue weighted by Crippen LogP contribution is -1.85. The third kappa shape index (κ3) is 2.91. The first kappa shape index (κ1) is 10.3. The molecule has 0 atom stereocenters. The largest absolute Gasteiger partial charge is 0.198 e. The van der Waals surface area contributed by atoms with Crippen LogP contribution in [0.4, 0.5) is 0 Å². The van der Waals surface area contributed by atoms with E-state index in [1.165, 1.54) is 0 Å². The highest BCUT2D eigenvalue weighted by Crippen LogP contribution is 2.20. The van der Waals surface area contributed by atoms with Crippen molar-refractivity contribution in [2.24, 2.45) is 0 Å². The molecule has 1 rings (SSSR count). The van der Waals surface area contributed by atoms with Crippen molar-refractivity contribution in [2.75, 3.05) is 0 Å². The summed E-state index contributed by atoms with van der Waals surface area (Å²) < 4.78 is 0. The van der Waals surface area contributed by atoms with E-state index in [4.69, 9.17) is 5.26 Å². The molecule has 0 bridgehead atoms. The first-order valence-electron chi connectivity index (χ1n) is 4.51. The Hall–Kier alpha value is -1.81. The van der Waals surface area contributed by atoms with E-state index in [0.29, 0.717) is 12.8 Å². The first-order chi connectivity index (χ1) is 6.74. The molecule has 0 saturated carbocycles. The highest BCUT2D eigenvalue weighted by atomic mass is 14.2. The minimum atomic E-state index is 0.409. The van der Waals surface area contributed by atoms with E-state index >= 15 is 0 Å². The van der Waals surface area contributed by atoms with Gasteiger partial charge in [-0.3, -0.25) is 0 Å². The van der Waals surface area contributed by atoms with Crippen LogP contribution in [0.25, 0.3) is 5.57 Å². The third-order valence-corrected chi connectivity index (χ3v) is 1.97. The van der Waals surface area contributed by atoms with Gasteiger partial charge in [-0.1, -0.05) is 49.1 Å². The standard InChI is InChI=1S/C13H13N/c1-11(8-9-14)10-12(2)13-6-4-3-5-7-13/h3-7H,1-2,8,10H2. The molecule has 0 amide bonds. The average Bonchev–Trinajstić information content (AvgIpc) is 2.19. The summed E-state index contributed by atoms with van der Waals surface area (Å²) in [5.74, 6) is 0. The molecule has 0 spiro atoms. The van der Waals surface area contributed by atoms with Gasteiger partial charge in [0.25, 0.3) is 0 Å². The van der Waals surface area contributed by atoms with Crippen molar-refractivity contribution < 1.29 is 0 Å². The number of benzene rings is 1. The lowest BCUT2D eigenvalue weighted by molar-refractivity contribution is 1.14. The van der Waals surface area contributed by atoms with Crippen LogP contribution in [0.2, 0.25) is 0 Å².